The quantitative estimate of drug-likeness (QED) is 0.879. The number of hydrogen-bond donors (Lipinski definition) is 1. The molecular weight excluding hydrogens is 226 g/mol. The number of nitrogens with one attached hydrogen (secondary N) is 1. The SMILES string of the molecule is CCC(C)Oc1cccc(-n2ccnc2NC)c1. The molecule has 1 aromatic heterocycles. The monoisotopic (exact) mass is 245 g/mol. The van der Waals surface area contributed by atoms with Gasteiger partial charge in [0.25, 0.3) is 0 Å². The van der Waals surface area contributed by atoms with E-state index in [1.807, 2.05) is 42.1 Å². The van der Waals surface area contributed by atoms with E-state index in [0.29, 0.717) is 0 Å². The predicted molar refractivity (Wildman–Crippen MR) is 73.5 cm³/mol. The van der Waals surface area contributed by atoms with Crippen molar-refractivity contribution < 1.29 is 4.74 Å². The van der Waals surface area contributed by atoms with Crippen LogP contribution < -0.4 is 10.1 Å². The second-order valence-corrected chi connectivity index (χ2v) is 4.20. The van der Waals surface area contributed by atoms with Gasteiger partial charge in [-0.3, -0.25) is 4.57 Å². The number of ether oxygens (including phenoxy) is 1. The van der Waals surface area contributed by atoms with Gasteiger partial charge in [0.15, 0.2) is 0 Å². The molecule has 1 atom stereocenters. The molecule has 4 heteroatoms. The molecule has 0 aliphatic heterocycles. The van der Waals surface area contributed by atoms with Gasteiger partial charge in [0.2, 0.25) is 5.95 Å². The third kappa shape index (κ3) is 2.64. The van der Waals surface area contributed by atoms with Crippen LogP contribution in [-0.2, 0) is 0 Å². The molecule has 18 heavy (non-hydrogen) atoms. The van der Waals surface area contributed by atoms with Crippen LogP contribution in [0.1, 0.15) is 20.3 Å². The Morgan fingerprint density at radius 2 is 2.28 bits per heavy atom. The van der Waals surface area contributed by atoms with Crippen LogP contribution in [0, 0.1) is 0 Å². The predicted octanol–water partition coefficient (Wildman–Crippen LogP) is 3.09. The Morgan fingerprint density at radius 3 is 3.00 bits per heavy atom. The van der Waals surface area contributed by atoms with Gasteiger partial charge in [0.05, 0.1) is 11.8 Å². The first kappa shape index (κ1) is 12.5. The van der Waals surface area contributed by atoms with E-state index in [-0.39, 0.29) is 6.10 Å². The summed E-state index contributed by atoms with van der Waals surface area (Å²) in [5.41, 5.74) is 1.04. The normalized spacial score (nSPS) is 12.2. The summed E-state index contributed by atoms with van der Waals surface area (Å²) in [6, 6.07) is 8.03. The summed E-state index contributed by atoms with van der Waals surface area (Å²) in [4.78, 5) is 4.23. The van der Waals surface area contributed by atoms with Gasteiger partial charge in [-0.15, -0.1) is 0 Å². The zero-order valence-corrected chi connectivity index (χ0v) is 11.1. The van der Waals surface area contributed by atoms with Gasteiger partial charge in [0.1, 0.15) is 5.75 Å². The number of hydrogen-bond acceptors (Lipinski definition) is 3. The molecule has 0 fully saturated rings. The van der Waals surface area contributed by atoms with Crippen molar-refractivity contribution in [1.29, 1.82) is 0 Å². The van der Waals surface area contributed by atoms with Crippen molar-refractivity contribution in [1.82, 2.24) is 9.55 Å². The van der Waals surface area contributed by atoms with Gasteiger partial charge in [-0.2, -0.15) is 0 Å². The molecule has 1 N–H and O–H groups in total. The van der Waals surface area contributed by atoms with Crippen molar-refractivity contribution in [2.45, 2.75) is 26.4 Å². The van der Waals surface area contributed by atoms with Crippen molar-refractivity contribution in [2.75, 3.05) is 12.4 Å². The highest BCUT2D eigenvalue weighted by atomic mass is 16.5. The summed E-state index contributed by atoms with van der Waals surface area (Å²) in [5.74, 6) is 1.70. The molecule has 96 valence electrons. The smallest absolute Gasteiger partial charge is 0.207 e. The molecule has 2 rings (SSSR count). The molecule has 0 radical (unpaired) electrons. The zero-order chi connectivity index (χ0) is 13.0. The average Bonchev–Trinajstić information content (AvgIpc) is 2.87. The largest absolute Gasteiger partial charge is 0.491 e. The Hall–Kier alpha value is -1.97. The van der Waals surface area contributed by atoms with E-state index in [1.54, 1.807) is 6.20 Å². The Balaban J connectivity index is 2.27. The highest BCUT2D eigenvalue weighted by Crippen LogP contribution is 2.21. The first-order chi connectivity index (χ1) is 8.74. The first-order valence-corrected chi connectivity index (χ1v) is 6.22. The second-order valence-electron chi connectivity index (χ2n) is 4.20. The van der Waals surface area contributed by atoms with Crippen molar-refractivity contribution >= 4 is 5.95 Å². The lowest BCUT2D eigenvalue weighted by molar-refractivity contribution is 0.217. The number of benzene rings is 1. The van der Waals surface area contributed by atoms with E-state index >= 15 is 0 Å². The molecule has 0 amide bonds. The van der Waals surface area contributed by atoms with E-state index in [0.717, 1.165) is 23.8 Å². The van der Waals surface area contributed by atoms with Crippen LogP contribution in [0.2, 0.25) is 0 Å². The fraction of sp³-hybridized carbons (Fsp3) is 0.357. The molecule has 0 spiro atoms. The molecule has 0 bridgehead atoms. The van der Waals surface area contributed by atoms with Gasteiger partial charge < -0.3 is 10.1 Å². The van der Waals surface area contributed by atoms with E-state index in [9.17, 15) is 0 Å². The molecule has 1 heterocycles. The number of nitrogens with zero attached hydrogens (tertiary/aromatic N) is 2. The standard InChI is InChI=1S/C14H19N3O/c1-4-11(2)18-13-7-5-6-12(10-13)17-9-8-16-14(17)15-3/h5-11H,4H2,1-3H3,(H,15,16). The minimum absolute atomic E-state index is 0.229. The highest BCUT2D eigenvalue weighted by molar-refractivity contribution is 5.45. The van der Waals surface area contributed by atoms with Gasteiger partial charge in [-0.1, -0.05) is 13.0 Å². The fourth-order valence-corrected chi connectivity index (χ4v) is 1.72. The number of anilines is 1. The van der Waals surface area contributed by atoms with Crippen molar-refractivity contribution in [3.05, 3.63) is 36.7 Å². The highest BCUT2D eigenvalue weighted by Gasteiger charge is 2.05. The maximum atomic E-state index is 5.82. The van der Waals surface area contributed by atoms with Crippen LogP contribution in [0.15, 0.2) is 36.7 Å². The molecule has 0 saturated heterocycles. The summed E-state index contributed by atoms with van der Waals surface area (Å²) in [6.45, 7) is 4.19. The molecule has 2 aromatic rings. The number of aromatic nitrogens is 2. The molecule has 0 aliphatic rings. The first-order valence-electron chi connectivity index (χ1n) is 6.22. The van der Waals surface area contributed by atoms with Crippen LogP contribution >= 0.6 is 0 Å². The maximum Gasteiger partial charge on any atom is 0.207 e. The number of rotatable bonds is 5. The molecule has 0 aliphatic carbocycles. The lowest BCUT2D eigenvalue weighted by Gasteiger charge is -2.14. The van der Waals surface area contributed by atoms with Crippen LogP contribution in [0.5, 0.6) is 5.75 Å². The summed E-state index contributed by atoms with van der Waals surface area (Å²) >= 11 is 0. The second kappa shape index (κ2) is 5.58. The summed E-state index contributed by atoms with van der Waals surface area (Å²) < 4.78 is 7.81. The zero-order valence-electron chi connectivity index (χ0n) is 11.1. The topological polar surface area (TPSA) is 39.1 Å². The Bertz CT molecular complexity index is 507. The van der Waals surface area contributed by atoms with Gasteiger partial charge >= 0.3 is 0 Å². The third-order valence-electron chi connectivity index (χ3n) is 2.87. The molecule has 1 unspecified atom stereocenters. The Morgan fingerprint density at radius 1 is 1.44 bits per heavy atom. The summed E-state index contributed by atoms with van der Waals surface area (Å²) in [6.07, 6.45) is 4.92. The maximum absolute atomic E-state index is 5.82. The summed E-state index contributed by atoms with van der Waals surface area (Å²) in [7, 11) is 1.86. The summed E-state index contributed by atoms with van der Waals surface area (Å²) in [5, 5.41) is 3.06. The van der Waals surface area contributed by atoms with E-state index in [1.165, 1.54) is 0 Å². The Kier molecular flexibility index (Phi) is 3.87. The average molecular weight is 245 g/mol. The van der Waals surface area contributed by atoms with E-state index in [2.05, 4.69) is 24.1 Å². The lowest BCUT2D eigenvalue weighted by Crippen LogP contribution is -2.10. The van der Waals surface area contributed by atoms with Crippen molar-refractivity contribution in [2.24, 2.45) is 0 Å². The molecule has 0 saturated carbocycles. The minimum Gasteiger partial charge on any atom is -0.491 e. The third-order valence-corrected chi connectivity index (χ3v) is 2.87. The van der Waals surface area contributed by atoms with Crippen LogP contribution in [0.4, 0.5) is 5.95 Å². The minimum atomic E-state index is 0.229. The van der Waals surface area contributed by atoms with Crippen molar-refractivity contribution in [3.8, 4) is 11.4 Å². The molecule has 1 aromatic carbocycles. The van der Waals surface area contributed by atoms with Crippen LogP contribution in [0.3, 0.4) is 0 Å². The van der Waals surface area contributed by atoms with E-state index in [4.69, 9.17) is 4.74 Å². The lowest BCUT2D eigenvalue weighted by atomic mass is 10.2. The molecule has 4 nitrogen and oxygen atoms in total. The van der Waals surface area contributed by atoms with Gasteiger partial charge in [-0.05, 0) is 25.5 Å². The Labute approximate surface area is 108 Å². The van der Waals surface area contributed by atoms with Gasteiger partial charge in [0, 0.05) is 25.5 Å². The fourth-order valence-electron chi connectivity index (χ4n) is 1.72. The van der Waals surface area contributed by atoms with Crippen LogP contribution in [0.25, 0.3) is 5.69 Å². The molecular formula is C14H19N3O. The van der Waals surface area contributed by atoms with Crippen molar-refractivity contribution in [3.63, 3.8) is 0 Å². The van der Waals surface area contributed by atoms with E-state index < -0.39 is 0 Å². The van der Waals surface area contributed by atoms with Crippen LogP contribution in [-0.4, -0.2) is 22.7 Å². The number of imidazole rings is 1. The van der Waals surface area contributed by atoms with Gasteiger partial charge in [-0.25, -0.2) is 4.98 Å².